The fourth-order valence-corrected chi connectivity index (χ4v) is 4.37. The van der Waals surface area contributed by atoms with Crippen molar-refractivity contribution in [1.29, 1.82) is 0 Å². The van der Waals surface area contributed by atoms with E-state index in [1.165, 1.54) is 11.9 Å². The number of amides is 2. The first kappa shape index (κ1) is 18.4. The maximum Gasteiger partial charge on any atom is 0.323 e. The Hall–Kier alpha value is -2.37. The second kappa shape index (κ2) is 7.48. The summed E-state index contributed by atoms with van der Waals surface area (Å²) >= 11 is 0. The van der Waals surface area contributed by atoms with Crippen LogP contribution in [0, 0.1) is 11.8 Å². The van der Waals surface area contributed by atoms with Crippen molar-refractivity contribution in [2.75, 3.05) is 18.5 Å². The first-order valence-electron chi connectivity index (χ1n) is 9.28. The van der Waals surface area contributed by atoms with Gasteiger partial charge in [-0.15, -0.1) is 0 Å². The van der Waals surface area contributed by atoms with E-state index in [0.717, 1.165) is 30.5 Å². The summed E-state index contributed by atoms with van der Waals surface area (Å²) in [6.45, 7) is 1.70. The zero-order valence-electron chi connectivity index (χ0n) is 15.4. The van der Waals surface area contributed by atoms with Crippen molar-refractivity contribution >= 4 is 23.5 Å². The predicted molar refractivity (Wildman–Crippen MR) is 97.8 cm³/mol. The number of carbonyl (C=O) groups is 3. The third-order valence-corrected chi connectivity index (χ3v) is 5.59. The largest absolute Gasteiger partial charge is 0.480 e. The molecule has 0 aromatic heterocycles. The average Bonchev–Trinajstić information content (AvgIpc) is 2.95. The highest BCUT2D eigenvalue weighted by molar-refractivity contribution is 6.00. The Morgan fingerprint density at radius 1 is 1.15 bits per heavy atom. The van der Waals surface area contributed by atoms with Gasteiger partial charge in [0.25, 0.3) is 0 Å². The second-order valence-corrected chi connectivity index (χ2v) is 7.48. The summed E-state index contributed by atoms with van der Waals surface area (Å²) in [6, 6.07) is 8.00. The minimum Gasteiger partial charge on any atom is -0.480 e. The van der Waals surface area contributed by atoms with E-state index in [4.69, 9.17) is 5.11 Å². The number of carboxylic acid groups (broad SMARTS) is 1. The van der Waals surface area contributed by atoms with Crippen LogP contribution in [0.4, 0.5) is 5.69 Å². The van der Waals surface area contributed by atoms with Crippen molar-refractivity contribution in [2.24, 2.45) is 11.8 Å². The Bertz CT molecular complexity index is 718. The van der Waals surface area contributed by atoms with E-state index < -0.39 is 11.9 Å². The summed E-state index contributed by atoms with van der Waals surface area (Å²) < 4.78 is 0. The van der Waals surface area contributed by atoms with Gasteiger partial charge in [0.2, 0.25) is 11.8 Å². The van der Waals surface area contributed by atoms with Gasteiger partial charge >= 0.3 is 5.97 Å². The quantitative estimate of drug-likeness (QED) is 0.896. The van der Waals surface area contributed by atoms with E-state index in [1.807, 2.05) is 36.1 Å². The highest BCUT2D eigenvalue weighted by atomic mass is 16.4. The van der Waals surface area contributed by atoms with Gasteiger partial charge in [-0.2, -0.15) is 0 Å². The molecule has 1 aromatic rings. The smallest absolute Gasteiger partial charge is 0.323 e. The molecule has 6 nitrogen and oxygen atoms in total. The van der Waals surface area contributed by atoms with Crippen LogP contribution in [0.15, 0.2) is 24.3 Å². The molecule has 1 heterocycles. The number of anilines is 1. The van der Waals surface area contributed by atoms with Crippen LogP contribution in [-0.2, 0) is 20.8 Å². The summed E-state index contributed by atoms with van der Waals surface area (Å²) in [5.41, 5.74) is 2.11. The number of benzene rings is 1. The predicted octanol–water partition coefficient (Wildman–Crippen LogP) is 2.31. The Balaban J connectivity index is 1.82. The number of hydrogen-bond acceptors (Lipinski definition) is 3. The molecule has 3 unspecified atom stereocenters. The lowest BCUT2D eigenvalue weighted by Gasteiger charge is -2.35. The van der Waals surface area contributed by atoms with E-state index in [-0.39, 0.29) is 30.3 Å². The first-order chi connectivity index (χ1) is 12.4. The minimum absolute atomic E-state index is 0.00391. The van der Waals surface area contributed by atoms with E-state index in [2.05, 4.69) is 0 Å². The molecule has 2 amide bonds. The molecule has 26 heavy (non-hydrogen) atoms. The zero-order chi connectivity index (χ0) is 18.8. The maximum absolute atomic E-state index is 13.4. The molecule has 1 aliphatic heterocycles. The molecule has 1 fully saturated rings. The third kappa shape index (κ3) is 3.45. The summed E-state index contributed by atoms with van der Waals surface area (Å²) in [5.74, 6) is -2.07. The van der Waals surface area contributed by atoms with E-state index in [0.29, 0.717) is 12.8 Å². The van der Waals surface area contributed by atoms with Gasteiger partial charge < -0.3 is 14.9 Å². The fraction of sp³-hybridized carbons (Fsp3) is 0.550. The molecular formula is C20H26N2O4. The number of fused-ring (bicyclic) bond motifs is 1. The van der Waals surface area contributed by atoms with Gasteiger partial charge in [0, 0.05) is 24.7 Å². The molecule has 0 bridgehead atoms. The molecule has 1 saturated carbocycles. The van der Waals surface area contributed by atoms with E-state index >= 15 is 0 Å². The molecule has 3 rings (SSSR count). The van der Waals surface area contributed by atoms with Crippen LogP contribution < -0.4 is 4.90 Å². The molecule has 6 heteroatoms. The highest BCUT2D eigenvalue weighted by Gasteiger charge is 2.42. The topological polar surface area (TPSA) is 77.9 Å². The second-order valence-electron chi connectivity index (χ2n) is 7.48. The molecule has 0 spiro atoms. The summed E-state index contributed by atoms with van der Waals surface area (Å²) in [7, 11) is 1.50. The molecule has 2 aliphatic rings. The minimum atomic E-state index is -1.04. The fourth-order valence-electron chi connectivity index (χ4n) is 4.37. The van der Waals surface area contributed by atoms with Crippen LogP contribution in [-0.4, -0.2) is 47.4 Å². The SMILES string of the molecule is CC1Cc2ccccc2N1C(=O)C1CCCCC1C(=O)N(C)CC(=O)O. The molecule has 0 radical (unpaired) electrons. The Kier molecular flexibility index (Phi) is 5.30. The maximum atomic E-state index is 13.4. The highest BCUT2D eigenvalue weighted by Crippen LogP contribution is 2.38. The van der Waals surface area contributed by atoms with Crippen LogP contribution >= 0.6 is 0 Å². The summed E-state index contributed by atoms with van der Waals surface area (Å²) in [6.07, 6.45) is 3.97. The van der Waals surface area contributed by atoms with Gasteiger partial charge in [0.1, 0.15) is 6.54 Å². The molecule has 1 N–H and O–H groups in total. The number of likely N-dealkylation sites (N-methyl/N-ethyl adjacent to an activating group) is 1. The van der Waals surface area contributed by atoms with E-state index in [9.17, 15) is 14.4 Å². The van der Waals surface area contributed by atoms with Crippen molar-refractivity contribution in [3.05, 3.63) is 29.8 Å². The van der Waals surface area contributed by atoms with Crippen molar-refractivity contribution in [3.63, 3.8) is 0 Å². The Morgan fingerprint density at radius 3 is 2.50 bits per heavy atom. The van der Waals surface area contributed by atoms with Crippen molar-refractivity contribution in [1.82, 2.24) is 4.90 Å². The molecule has 1 aromatic carbocycles. The molecular weight excluding hydrogens is 332 g/mol. The molecule has 1 aliphatic carbocycles. The zero-order valence-corrected chi connectivity index (χ0v) is 15.4. The van der Waals surface area contributed by atoms with Crippen LogP contribution in [0.3, 0.4) is 0 Å². The molecule has 140 valence electrons. The lowest BCUT2D eigenvalue weighted by molar-refractivity contribution is -0.148. The summed E-state index contributed by atoms with van der Waals surface area (Å²) in [5, 5.41) is 8.95. The standard InChI is InChI=1S/C20H26N2O4/c1-13-11-14-7-3-6-10-17(14)22(13)20(26)16-9-5-4-8-15(16)19(25)21(2)12-18(23)24/h3,6-7,10,13,15-16H,4-5,8-9,11-12H2,1-2H3,(H,23,24). The number of rotatable bonds is 4. The van der Waals surface area contributed by atoms with Gasteiger partial charge in [0.15, 0.2) is 0 Å². The molecule has 0 saturated heterocycles. The van der Waals surface area contributed by atoms with E-state index in [1.54, 1.807) is 0 Å². The number of carboxylic acids is 1. The van der Waals surface area contributed by atoms with Crippen LogP contribution in [0.1, 0.15) is 38.2 Å². The van der Waals surface area contributed by atoms with Gasteiger partial charge in [-0.1, -0.05) is 31.0 Å². The lowest BCUT2D eigenvalue weighted by Crippen LogP contribution is -2.48. The van der Waals surface area contributed by atoms with Gasteiger partial charge in [-0.05, 0) is 37.8 Å². The Morgan fingerprint density at radius 2 is 1.81 bits per heavy atom. The van der Waals surface area contributed by atoms with Gasteiger partial charge in [0.05, 0.1) is 5.92 Å². The number of para-hydroxylation sites is 1. The van der Waals surface area contributed by atoms with Gasteiger partial charge in [-0.25, -0.2) is 0 Å². The van der Waals surface area contributed by atoms with Crippen molar-refractivity contribution < 1.29 is 19.5 Å². The van der Waals surface area contributed by atoms with Crippen LogP contribution in [0.25, 0.3) is 0 Å². The Labute approximate surface area is 153 Å². The number of carbonyl (C=O) groups excluding carboxylic acids is 2. The van der Waals surface area contributed by atoms with Gasteiger partial charge in [-0.3, -0.25) is 14.4 Å². The van der Waals surface area contributed by atoms with Crippen LogP contribution in [0.2, 0.25) is 0 Å². The molecule has 3 atom stereocenters. The number of hydrogen-bond donors (Lipinski definition) is 1. The average molecular weight is 358 g/mol. The first-order valence-corrected chi connectivity index (χ1v) is 9.28. The monoisotopic (exact) mass is 358 g/mol. The number of aliphatic carboxylic acids is 1. The third-order valence-electron chi connectivity index (χ3n) is 5.59. The van der Waals surface area contributed by atoms with Crippen molar-refractivity contribution in [3.8, 4) is 0 Å². The normalized spacial score (nSPS) is 24.8. The summed E-state index contributed by atoms with van der Waals surface area (Å²) in [4.78, 5) is 40.2. The number of nitrogens with zero attached hydrogens (tertiary/aromatic N) is 2. The van der Waals surface area contributed by atoms with Crippen molar-refractivity contribution in [2.45, 2.75) is 45.1 Å². The van der Waals surface area contributed by atoms with Crippen LogP contribution in [0.5, 0.6) is 0 Å². The lowest BCUT2D eigenvalue weighted by atomic mass is 9.77.